The summed E-state index contributed by atoms with van der Waals surface area (Å²) in [6, 6.07) is 10.4. The first-order valence-electron chi connectivity index (χ1n) is 10.1. The molecule has 8 nitrogen and oxygen atoms in total. The van der Waals surface area contributed by atoms with E-state index in [4.69, 9.17) is 10.5 Å². The number of rotatable bonds is 6. The summed E-state index contributed by atoms with van der Waals surface area (Å²) in [5.74, 6) is 1.46. The Kier molecular flexibility index (Phi) is 6.05. The molecule has 0 fully saturated rings. The van der Waals surface area contributed by atoms with Gasteiger partial charge < -0.3 is 15.8 Å². The van der Waals surface area contributed by atoms with Crippen LogP contribution in [-0.2, 0) is 6.54 Å². The number of ether oxygens (including phenoxy) is 1. The summed E-state index contributed by atoms with van der Waals surface area (Å²) < 4.78 is 8.40. The molecule has 0 saturated heterocycles. The molecule has 3 aromatic heterocycles. The fraction of sp³-hybridized carbons (Fsp3) is 0.217. The molecule has 0 spiro atoms. The van der Waals surface area contributed by atoms with E-state index in [1.807, 2.05) is 32.1 Å². The molecular weight excluding hydrogens is 422 g/mol. The van der Waals surface area contributed by atoms with E-state index >= 15 is 0 Å². The highest BCUT2D eigenvalue weighted by atomic mass is 32.1. The van der Waals surface area contributed by atoms with Gasteiger partial charge in [0.1, 0.15) is 23.7 Å². The Morgan fingerprint density at radius 2 is 2.22 bits per heavy atom. The lowest BCUT2D eigenvalue weighted by Gasteiger charge is -2.02. The van der Waals surface area contributed by atoms with Crippen LogP contribution in [0.15, 0.2) is 47.9 Å². The summed E-state index contributed by atoms with van der Waals surface area (Å²) in [6.07, 6.45) is 5.93. The Labute approximate surface area is 189 Å². The number of benzene rings is 1. The van der Waals surface area contributed by atoms with Gasteiger partial charge >= 0.3 is 0 Å². The van der Waals surface area contributed by atoms with Crippen molar-refractivity contribution >= 4 is 38.6 Å². The molecule has 0 aliphatic carbocycles. The highest BCUT2D eigenvalue weighted by Gasteiger charge is 2.18. The van der Waals surface area contributed by atoms with Crippen molar-refractivity contribution in [3.8, 4) is 22.3 Å². The van der Waals surface area contributed by atoms with Crippen LogP contribution in [0.25, 0.3) is 26.0 Å². The fourth-order valence-corrected chi connectivity index (χ4v) is 4.66. The number of fused-ring (bicyclic) bond motifs is 2. The zero-order chi connectivity index (χ0) is 22.7. The van der Waals surface area contributed by atoms with Crippen molar-refractivity contribution in [1.29, 1.82) is 5.26 Å². The van der Waals surface area contributed by atoms with Crippen LogP contribution >= 0.6 is 11.3 Å². The molecule has 3 N–H and O–H groups in total. The first-order valence-corrected chi connectivity index (χ1v) is 10.9. The van der Waals surface area contributed by atoms with Gasteiger partial charge in [0.15, 0.2) is 5.82 Å². The SMILES string of the molecule is CCC=CNC(C#N)=NCc1cc(-c2cc3cc(C)cc(OC)c3s2)c2c(N)ncnn12. The molecular formula is C23H23N7OS. The highest BCUT2D eigenvalue weighted by Crippen LogP contribution is 2.42. The van der Waals surface area contributed by atoms with Crippen molar-refractivity contribution in [2.75, 3.05) is 12.8 Å². The molecule has 0 atom stereocenters. The second-order valence-electron chi connectivity index (χ2n) is 7.18. The third kappa shape index (κ3) is 4.00. The molecule has 0 aliphatic rings. The molecule has 162 valence electrons. The number of nitrogens with two attached hydrogens (primary N) is 1. The molecule has 1 aromatic carbocycles. The van der Waals surface area contributed by atoms with E-state index in [-0.39, 0.29) is 12.4 Å². The Bertz CT molecular complexity index is 1390. The summed E-state index contributed by atoms with van der Waals surface area (Å²) in [6.45, 7) is 4.33. The third-order valence-corrected chi connectivity index (χ3v) is 6.15. The first kappa shape index (κ1) is 21.3. The first-order chi connectivity index (χ1) is 15.5. The average Bonchev–Trinajstić information content (AvgIpc) is 3.37. The molecule has 3 heterocycles. The molecule has 32 heavy (non-hydrogen) atoms. The van der Waals surface area contributed by atoms with Crippen LogP contribution in [0.3, 0.4) is 0 Å². The number of allylic oxidation sites excluding steroid dienone is 1. The lowest BCUT2D eigenvalue weighted by Crippen LogP contribution is -2.15. The van der Waals surface area contributed by atoms with Gasteiger partial charge in [-0.25, -0.2) is 9.50 Å². The normalized spacial score (nSPS) is 12.0. The summed E-state index contributed by atoms with van der Waals surface area (Å²) in [5.41, 5.74) is 9.82. The van der Waals surface area contributed by atoms with E-state index in [0.717, 1.165) is 49.5 Å². The van der Waals surface area contributed by atoms with E-state index in [1.54, 1.807) is 29.2 Å². The van der Waals surface area contributed by atoms with Crippen molar-refractivity contribution in [1.82, 2.24) is 19.9 Å². The number of nitriles is 1. The van der Waals surface area contributed by atoms with Gasteiger partial charge in [-0.1, -0.05) is 19.1 Å². The maximum atomic E-state index is 9.36. The minimum atomic E-state index is 0.232. The predicted molar refractivity (Wildman–Crippen MR) is 129 cm³/mol. The van der Waals surface area contributed by atoms with Crippen LogP contribution in [0.5, 0.6) is 5.75 Å². The van der Waals surface area contributed by atoms with Gasteiger partial charge in [0, 0.05) is 10.4 Å². The van der Waals surface area contributed by atoms with Gasteiger partial charge in [-0.05, 0) is 48.7 Å². The van der Waals surface area contributed by atoms with Crippen molar-refractivity contribution in [3.63, 3.8) is 0 Å². The quantitative estimate of drug-likeness (QED) is 0.335. The van der Waals surface area contributed by atoms with E-state index in [0.29, 0.717) is 5.82 Å². The number of nitrogens with zero attached hydrogens (tertiary/aromatic N) is 5. The van der Waals surface area contributed by atoms with Gasteiger partial charge in [-0.15, -0.1) is 11.3 Å². The van der Waals surface area contributed by atoms with Gasteiger partial charge in [0.25, 0.3) is 0 Å². The zero-order valence-electron chi connectivity index (χ0n) is 18.1. The van der Waals surface area contributed by atoms with E-state index in [2.05, 4.69) is 38.6 Å². The Morgan fingerprint density at radius 3 is 2.97 bits per heavy atom. The Hall–Kier alpha value is -3.90. The van der Waals surface area contributed by atoms with Crippen LogP contribution in [0, 0.1) is 18.3 Å². The highest BCUT2D eigenvalue weighted by molar-refractivity contribution is 7.22. The van der Waals surface area contributed by atoms with Gasteiger partial charge in [0.2, 0.25) is 5.84 Å². The van der Waals surface area contributed by atoms with E-state index in [1.165, 1.54) is 6.33 Å². The molecule has 0 unspecified atom stereocenters. The number of methoxy groups -OCH3 is 1. The van der Waals surface area contributed by atoms with Crippen molar-refractivity contribution < 1.29 is 4.74 Å². The van der Waals surface area contributed by atoms with Gasteiger partial charge in [0.05, 0.1) is 24.0 Å². The van der Waals surface area contributed by atoms with Crippen LogP contribution < -0.4 is 15.8 Å². The number of hydrogen-bond acceptors (Lipinski definition) is 7. The standard InChI is InChI=1S/C23H23N7OS/c1-4-5-6-26-20(11-24)27-12-16-10-17(21-23(25)28-13-29-30(16)21)19-9-15-7-14(2)8-18(31-3)22(15)32-19/h5-10,13H,4,12H2,1-3H3,(H,26,27)(H2,25,28,29). The average molecular weight is 446 g/mol. The van der Waals surface area contributed by atoms with Crippen LogP contribution in [0.4, 0.5) is 5.82 Å². The predicted octanol–water partition coefficient (Wildman–Crippen LogP) is 4.45. The van der Waals surface area contributed by atoms with Crippen LogP contribution in [0.2, 0.25) is 0 Å². The van der Waals surface area contributed by atoms with Crippen LogP contribution in [-0.4, -0.2) is 27.5 Å². The topological polar surface area (TPSA) is 114 Å². The maximum absolute atomic E-state index is 9.36. The molecule has 0 bridgehead atoms. The number of thiophene rings is 1. The number of aryl methyl sites for hydroxylation is 1. The van der Waals surface area contributed by atoms with Crippen molar-refractivity contribution in [3.05, 3.63) is 54.1 Å². The number of amidine groups is 1. The Balaban J connectivity index is 1.81. The largest absolute Gasteiger partial charge is 0.495 e. The minimum Gasteiger partial charge on any atom is -0.495 e. The smallest absolute Gasteiger partial charge is 0.205 e. The molecule has 9 heteroatoms. The number of aromatic nitrogens is 3. The fourth-order valence-electron chi connectivity index (χ4n) is 3.51. The molecule has 0 amide bonds. The van der Waals surface area contributed by atoms with Gasteiger partial charge in [-0.2, -0.15) is 10.4 Å². The maximum Gasteiger partial charge on any atom is 0.205 e. The second-order valence-corrected chi connectivity index (χ2v) is 8.24. The Morgan fingerprint density at radius 1 is 1.38 bits per heavy atom. The van der Waals surface area contributed by atoms with Crippen molar-refractivity contribution in [2.45, 2.75) is 26.8 Å². The molecule has 0 aliphatic heterocycles. The summed E-state index contributed by atoms with van der Waals surface area (Å²) in [7, 11) is 1.68. The monoisotopic (exact) mass is 445 g/mol. The second kappa shape index (κ2) is 9.08. The molecule has 0 radical (unpaired) electrons. The minimum absolute atomic E-state index is 0.232. The molecule has 0 saturated carbocycles. The molecule has 4 rings (SSSR count). The number of anilines is 1. The lowest BCUT2D eigenvalue weighted by molar-refractivity contribution is 0.420. The number of nitrogen functional groups attached to an aromatic ring is 1. The number of aliphatic imine (C=N–C) groups is 1. The number of nitrogens with one attached hydrogen (secondary N) is 1. The summed E-state index contributed by atoms with van der Waals surface area (Å²) >= 11 is 1.63. The third-order valence-electron chi connectivity index (χ3n) is 4.95. The zero-order valence-corrected chi connectivity index (χ0v) is 18.9. The van der Waals surface area contributed by atoms with Crippen LogP contribution in [0.1, 0.15) is 24.6 Å². The number of hydrogen-bond donors (Lipinski definition) is 2. The summed E-state index contributed by atoms with van der Waals surface area (Å²) in [4.78, 5) is 9.62. The lowest BCUT2D eigenvalue weighted by atomic mass is 10.1. The van der Waals surface area contributed by atoms with Crippen molar-refractivity contribution in [2.24, 2.45) is 4.99 Å². The van der Waals surface area contributed by atoms with E-state index in [9.17, 15) is 5.26 Å². The van der Waals surface area contributed by atoms with Gasteiger partial charge in [-0.3, -0.25) is 4.99 Å². The van der Waals surface area contributed by atoms with E-state index < -0.39 is 0 Å². The molecule has 4 aromatic rings. The summed E-state index contributed by atoms with van der Waals surface area (Å²) in [5, 5.41) is 17.8.